The highest BCUT2D eigenvalue weighted by atomic mass is 16.6. The second kappa shape index (κ2) is 58.7. The fourth-order valence-corrected chi connectivity index (χ4v) is 8.58. The summed E-state index contributed by atoms with van der Waals surface area (Å²) >= 11 is 0. The summed E-state index contributed by atoms with van der Waals surface area (Å²) in [4.78, 5) is 24.5. The van der Waals surface area contributed by atoms with Gasteiger partial charge in [-0.25, -0.2) is 0 Å². The minimum absolute atomic E-state index is 0.0689. The molecule has 0 radical (unpaired) electrons. The van der Waals surface area contributed by atoms with Crippen molar-refractivity contribution >= 4 is 11.9 Å². The lowest BCUT2D eigenvalue weighted by Gasteiger charge is -2.15. The summed E-state index contributed by atoms with van der Waals surface area (Å²) in [5.41, 5.74) is 0. The third kappa shape index (κ3) is 55.9. The number of ether oxygens (including phenoxy) is 2. The van der Waals surface area contributed by atoms with Crippen LogP contribution in [0.4, 0.5) is 0 Å². The summed E-state index contributed by atoms with van der Waals surface area (Å²) in [6, 6.07) is 0. The number of carbonyl (C=O) groups is 2. The van der Waals surface area contributed by atoms with Crippen molar-refractivity contribution in [2.75, 3.05) is 13.2 Å². The Morgan fingerprint density at radius 1 is 0.353 bits per heavy atom. The maximum atomic E-state index is 12.3. The third-order valence-electron chi connectivity index (χ3n) is 13.0. The molecule has 0 amide bonds. The predicted octanol–water partition coefficient (Wildman–Crippen LogP) is 20.0. The fourth-order valence-electron chi connectivity index (χ4n) is 8.58. The molecule has 0 aromatic heterocycles. The number of carbonyl (C=O) groups excluding carboxylic acids is 2. The first-order valence-corrected chi connectivity index (χ1v) is 29.5. The summed E-state index contributed by atoms with van der Waals surface area (Å²) in [6.07, 6.45) is 80.3. The van der Waals surface area contributed by atoms with Gasteiger partial charge in [0, 0.05) is 12.8 Å². The van der Waals surface area contributed by atoms with Gasteiger partial charge in [-0.15, -0.1) is 0 Å². The summed E-state index contributed by atoms with van der Waals surface area (Å²) < 4.78 is 10.7. The fraction of sp³-hybridized carbons (Fsp3) is 0.778. The van der Waals surface area contributed by atoms with E-state index in [2.05, 4.69) is 86.8 Å². The number of esters is 2. The average molecular weight is 950 g/mol. The highest BCUT2D eigenvalue weighted by molar-refractivity contribution is 5.70. The van der Waals surface area contributed by atoms with E-state index in [1.807, 2.05) is 0 Å². The molecule has 0 aromatic rings. The second-order valence-corrected chi connectivity index (χ2v) is 19.7. The summed E-state index contributed by atoms with van der Waals surface area (Å²) in [5, 5.41) is 9.65. The molecule has 0 aliphatic carbocycles. The van der Waals surface area contributed by atoms with Gasteiger partial charge in [-0.05, 0) is 83.5 Å². The van der Waals surface area contributed by atoms with E-state index < -0.39 is 6.10 Å². The normalized spacial score (nSPS) is 12.7. The molecule has 0 aliphatic heterocycles. The van der Waals surface area contributed by atoms with Crippen LogP contribution in [0.3, 0.4) is 0 Å². The van der Waals surface area contributed by atoms with Crippen molar-refractivity contribution in [1.82, 2.24) is 0 Å². The Bertz CT molecular complexity index is 1210. The summed E-state index contributed by atoms with van der Waals surface area (Å²) in [7, 11) is 0. The lowest BCUT2D eigenvalue weighted by molar-refractivity contribution is -0.161. The molecule has 0 aliphatic rings. The summed E-state index contributed by atoms with van der Waals surface area (Å²) in [5.74, 6) is -0.591. The quantitative estimate of drug-likeness (QED) is 0.0374. The lowest BCUT2D eigenvalue weighted by atomic mass is 10.0. The molecule has 1 N–H and O–H groups in total. The molecule has 0 saturated carbocycles. The molecular formula is C63H112O5. The zero-order valence-electron chi connectivity index (χ0n) is 45.1. The molecule has 1 atom stereocenters. The van der Waals surface area contributed by atoms with E-state index in [1.165, 1.54) is 193 Å². The molecule has 0 saturated heterocycles. The van der Waals surface area contributed by atoms with Crippen LogP contribution in [-0.4, -0.2) is 36.4 Å². The third-order valence-corrected chi connectivity index (χ3v) is 13.0. The Morgan fingerprint density at radius 3 is 0.956 bits per heavy atom. The highest BCUT2D eigenvalue weighted by Crippen LogP contribution is 2.17. The van der Waals surface area contributed by atoms with Gasteiger partial charge in [0.05, 0.1) is 6.61 Å². The Morgan fingerprint density at radius 2 is 0.632 bits per heavy atom. The van der Waals surface area contributed by atoms with Gasteiger partial charge < -0.3 is 14.6 Å². The second-order valence-electron chi connectivity index (χ2n) is 19.7. The van der Waals surface area contributed by atoms with Crippen LogP contribution in [0.5, 0.6) is 0 Å². The van der Waals surface area contributed by atoms with E-state index in [-0.39, 0.29) is 25.2 Å². The molecular weight excluding hydrogens is 837 g/mol. The zero-order valence-corrected chi connectivity index (χ0v) is 45.1. The zero-order chi connectivity index (χ0) is 49.2. The number of unbranched alkanes of at least 4 members (excludes halogenated alkanes) is 34. The van der Waals surface area contributed by atoms with Crippen molar-refractivity contribution in [2.45, 2.75) is 302 Å². The van der Waals surface area contributed by atoms with Gasteiger partial charge in [0.15, 0.2) is 6.10 Å². The topological polar surface area (TPSA) is 72.8 Å². The van der Waals surface area contributed by atoms with Gasteiger partial charge >= 0.3 is 11.9 Å². The van der Waals surface area contributed by atoms with Crippen LogP contribution in [0.25, 0.3) is 0 Å². The molecule has 5 nitrogen and oxygen atoms in total. The van der Waals surface area contributed by atoms with Crippen LogP contribution >= 0.6 is 0 Å². The van der Waals surface area contributed by atoms with E-state index in [0.29, 0.717) is 12.8 Å². The van der Waals surface area contributed by atoms with Gasteiger partial charge in [-0.3, -0.25) is 9.59 Å². The average Bonchev–Trinajstić information content (AvgIpc) is 3.34. The van der Waals surface area contributed by atoms with E-state index in [1.54, 1.807) is 0 Å². The predicted molar refractivity (Wildman–Crippen MR) is 297 cm³/mol. The minimum atomic E-state index is -0.779. The molecule has 68 heavy (non-hydrogen) atoms. The highest BCUT2D eigenvalue weighted by Gasteiger charge is 2.16. The van der Waals surface area contributed by atoms with Crippen LogP contribution in [0, 0.1) is 0 Å². The molecule has 0 fully saturated rings. The molecule has 0 bridgehead atoms. The van der Waals surface area contributed by atoms with E-state index in [4.69, 9.17) is 9.47 Å². The van der Waals surface area contributed by atoms with Gasteiger partial charge in [-0.2, -0.15) is 0 Å². The van der Waals surface area contributed by atoms with Gasteiger partial charge in [0.25, 0.3) is 0 Å². The number of hydrogen-bond donors (Lipinski definition) is 1. The Hall–Kier alpha value is -2.66. The van der Waals surface area contributed by atoms with Crippen molar-refractivity contribution < 1.29 is 24.2 Å². The number of rotatable bonds is 54. The van der Waals surface area contributed by atoms with Crippen LogP contribution < -0.4 is 0 Å². The first-order valence-electron chi connectivity index (χ1n) is 29.5. The number of hydrogen-bond acceptors (Lipinski definition) is 5. The molecule has 0 heterocycles. The van der Waals surface area contributed by atoms with Crippen LogP contribution in [0.2, 0.25) is 0 Å². The smallest absolute Gasteiger partial charge is 0.306 e. The maximum absolute atomic E-state index is 12.3. The van der Waals surface area contributed by atoms with Crippen molar-refractivity contribution in [3.63, 3.8) is 0 Å². The molecule has 394 valence electrons. The Kier molecular flexibility index (Phi) is 56.4. The van der Waals surface area contributed by atoms with Crippen LogP contribution in [-0.2, 0) is 19.1 Å². The van der Waals surface area contributed by atoms with Gasteiger partial charge in [0.1, 0.15) is 6.61 Å². The monoisotopic (exact) mass is 949 g/mol. The minimum Gasteiger partial charge on any atom is -0.462 e. The van der Waals surface area contributed by atoms with Gasteiger partial charge in [-0.1, -0.05) is 273 Å². The van der Waals surface area contributed by atoms with E-state index >= 15 is 0 Å². The first kappa shape index (κ1) is 65.3. The van der Waals surface area contributed by atoms with Crippen LogP contribution in [0.1, 0.15) is 296 Å². The van der Waals surface area contributed by atoms with Crippen LogP contribution in [0.15, 0.2) is 72.9 Å². The standard InChI is InChI=1S/C63H112O5/c1-3-5-7-9-11-13-15-17-19-21-23-25-26-27-28-29-30-31-32-33-34-35-36-38-39-41-43-45-47-49-51-53-55-57-62(65)67-60-61(59-64)68-63(66)58-56-54-52-50-48-46-44-42-40-37-24-22-20-18-16-14-12-10-8-6-4-2/h6,8,12,14-15,17-18,20-21,23-24,37,61,64H,3-5,7,9-11,13,16,19,22,25-36,38-60H2,1-2H3/b8-6-,14-12-,17-15-,20-18-,23-21-,37-24-. The Balaban J connectivity index is 3.44. The molecule has 0 rings (SSSR count). The summed E-state index contributed by atoms with van der Waals surface area (Å²) in [6.45, 7) is 4.04. The SMILES string of the molecule is CC/C=C\C/C=C\C/C=C\C/C=C\CCCCCCCCCCC(=O)OC(CO)COC(=O)CCCCCCCCCCCCCCCCCCCCCCC/C=C\C/C=C\CCCCCCC. The van der Waals surface area contributed by atoms with Crippen molar-refractivity contribution in [3.8, 4) is 0 Å². The first-order chi connectivity index (χ1) is 33.6. The van der Waals surface area contributed by atoms with Crippen molar-refractivity contribution in [1.29, 1.82) is 0 Å². The number of allylic oxidation sites excluding steroid dienone is 12. The number of aliphatic hydroxyl groups excluding tert-OH is 1. The Labute approximate surface area is 423 Å². The largest absolute Gasteiger partial charge is 0.462 e. The molecule has 0 aromatic carbocycles. The molecule has 5 heteroatoms. The van der Waals surface area contributed by atoms with E-state index in [9.17, 15) is 14.7 Å². The lowest BCUT2D eigenvalue weighted by Crippen LogP contribution is -2.28. The maximum Gasteiger partial charge on any atom is 0.306 e. The van der Waals surface area contributed by atoms with Crippen molar-refractivity contribution in [3.05, 3.63) is 72.9 Å². The van der Waals surface area contributed by atoms with Gasteiger partial charge in [0.2, 0.25) is 0 Å². The number of aliphatic hydroxyl groups is 1. The molecule has 1 unspecified atom stereocenters. The van der Waals surface area contributed by atoms with E-state index in [0.717, 1.165) is 77.0 Å². The molecule has 0 spiro atoms. The van der Waals surface area contributed by atoms with Crippen molar-refractivity contribution in [2.24, 2.45) is 0 Å².